The van der Waals surface area contributed by atoms with Gasteiger partial charge in [0.2, 0.25) is 0 Å². The van der Waals surface area contributed by atoms with Crippen LogP contribution >= 0.6 is 35.2 Å². The Bertz CT molecular complexity index is 648. The minimum Gasteiger partial charge on any atom is -0.346 e. The van der Waals surface area contributed by atoms with Crippen LogP contribution in [0.4, 0.5) is 5.13 Å². The summed E-state index contributed by atoms with van der Waals surface area (Å²) in [4.78, 5) is 9.10. The van der Waals surface area contributed by atoms with Gasteiger partial charge in [0.15, 0.2) is 10.2 Å². The Labute approximate surface area is 144 Å². The molecule has 0 saturated carbocycles. The van der Waals surface area contributed by atoms with E-state index in [-0.39, 0.29) is 0 Å². The number of hydrogen-bond acceptors (Lipinski definition) is 4. The molecule has 1 N–H and O–H groups in total. The SMILES string of the molecule is CN1CCN(C(=S)Nc2nc(-c3ccc(Cl)cc3)cs2)CC1. The number of benzene rings is 1. The van der Waals surface area contributed by atoms with Crippen LogP contribution in [0.3, 0.4) is 0 Å². The van der Waals surface area contributed by atoms with Crippen LogP contribution in [-0.4, -0.2) is 53.1 Å². The van der Waals surface area contributed by atoms with Crippen LogP contribution in [0.25, 0.3) is 11.3 Å². The Hall–Kier alpha value is -1.21. The van der Waals surface area contributed by atoms with Gasteiger partial charge in [0, 0.05) is 42.1 Å². The lowest BCUT2D eigenvalue weighted by Crippen LogP contribution is -2.48. The maximum absolute atomic E-state index is 5.91. The van der Waals surface area contributed by atoms with Gasteiger partial charge in [0.05, 0.1) is 5.69 Å². The van der Waals surface area contributed by atoms with Gasteiger partial charge in [-0.2, -0.15) is 0 Å². The van der Waals surface area contributed by atoms with Gasteiger partial charge in [-0.1, -0.05) is 23.7 Å². The number of aromatic nitrogens is 1. The maximum atomic E-state index is 5.91. The number of anilines is 1. The highest BCUT2D eigenvalue weighted by Crippen LogP contribution is 2.26. The molecule has 22 heavy (non-hydrogen) atoms. The van der Waals surface area contributed by atoms with Gasteiger partial charge in [-0.3, -0.25) is 0 Å². The zero-order chi connectivity index (χ0) is 15.5. The number of thiocarbonyl (C=S) groups is 1. The van der Waals surface area contributed by atoms with Crippen molar-refractivity contribution in [3.63, 3.8) is 0 Å². The van der Waals surface area contributed by atoms with Crippen LogP contribution in [0.1, 0.15) is 0 Å². The molecule has 2 aromatic rings. The lowest BCUT2D eigenvalue weighted by Gasteiger charge is -2.33. The molecule has 0 bridgehead atoms. The smallest absolute Gasteiger partial charge is 0.189 e. The highest BCUT2D eigenvalue weighted by atomic mass is 35.5. The summed E-state index contributed by atoms with van der Waals surface area (Å²) in [6.07, 6.45) is 0. The van der Waals surface area contributed by atoms with Crippen molar-refractivity contribution in [1.29, 1.82) is 0 Å². The predicted molar refractivity (Wildman–Crippen MR) is 97.9 cm³/mol. The summed E-state index contributed by atoms with van der Waals surface area (Å²) in [6, 6.07) is 7.69. The molecule has 4 nitrogen and oxygen atoms in total. The highest BCUT2D eigenvalue weighted by molar-refractivity contribution is 7.80. The van der Waals surface area contributed by atoms with Gasteiger partial charge >= 0.3 is 0 Å². The number of nitrogens with one attached hydrogen (secondary N) is 1. The average Bonchev–Trinajstić information content (AvgIpc) is 2.97. The predicted octanol–water partition coefficient (Wildman–Crippen LogP) is 3.41. The van der Waals surface area contributed by atoms with Gasteiger partial charge in [-0.25, -0.2) is 4.98 Å². The number of nitrogens with zero attached hydrogens (tertiary/aromatic N) is 3. The molecule has 0 aliphatic carbocycles. The van der Waals surface area contributed by atoms with E-state index in [9.17, 15) is 0 Å². The van der Waals surface area contributed by atoms with Crippen LogP contribution in [0.5, 0.6) is 0 Å². The van der Waals surface area contributed by atoms with Crippen molar-refractivity contribution in [1.82, 2.24) is 14.8 Å². The second-order valence-corrected chi connectivity index (χ2v) is 6.95. The lowest BCUT2D eigenvalue weighted by molar-refractivity contribution is 0.217. The monoisotopic (exact) mass is 352 g/mol. The molecule has 1 aromatic carbocycles. The number of piperazine rings is 1. The summed E-state index contributed by atoms with van der Waals surface area (Å²) in [6.45, 7) is 3.99. The van der Waals surface area contributed by atoms with Gasteiger partial charge < -0.3 is 15.1 Å². The number of rotatable bonds is 2. The minimum absolute atomic E-state index is 0.730. The van der Waals surface area contributed by atoms with Crippen molar-refractivity contribution in [3.8, 4) is 11.3 Å². The fourth-order valence-electron chi connectivity index (χ4n) is 2.26. The van der Waals surface area contributed by atoms with Gasteiger partial charge in [-0.15, -0.1) is 11.3 Å². The van der Waals surface area contributed by atoms with Crippen LogP contribution in [0, 0.1) is 0 Å². The summed E-state index contributed by atoms with van der Waals surface area (Å²) >= 11 is 13.0. The van der Waals surface area contributed by atoms with Crippen molar-refractivity contribution in [3.05, 3.63) is 34.7 Å². The molecule has 0 radical (unpaired) electrons. The van der Waals surface area contributed by atoms with E-state index < -0.39 is 0 Å². The van der Waals surface area contributed by atoms with Crippen molar-refractivity contribution >= 4 is 45.4 Å². The first-order valence-electron chi connectivity index (χ1n) is 7.08. The molecule has 0 spiro atoms. The fraction of sp³-hybridized carbons (Fsp3) is 0.333. The number of hydrogen-bond donors (Lipinski definition) is 1. The molecular weight excluding hydrogens is 336 g/mol. The zero-order valence-corrected chi connectivity index (χ0v) is 14.6. The van der Waals surface area contributed by atoms with E-state index in [2.05, 4.69) is 27.1 Å². The minimum atomic E-state index is 0.730. The van der Waals surface area contributed by atoms with E-state index in [1.165, 1.54) is 0 Å². The summed E-state index contributed by atoms with van der Waals surface area (Å²) in [5.74, 6) is 0. The lowest BCUT2D eigenvalue weighted by atomic mass is 10.2. The standard InChI is InChI=1S/C15H17ClN4S2/c1-19-6-8-20(9-7-19)15(21)18-14-17-13(10-22-14)11-2-4-12(16)5-3-11/h2-5,10H,6-9H2,1H3,(H,17,18,21). The van der Waals surface area contributed by atoms with E-state index >= 15 is 0 Å². The van der Waals surface area contributed by atoms with Crippen LogP contribution in [0.15, 0.2) is 29.6 Å². The molecular formula is C15H17ClN4S2. The maximum Gasteiger partial charge on any atom is 0.189 e. The van der Waals surface area contributed by atoms with E-state index in [0.29, 0.717) is 0 Å². The second kappa shape index (κ2) is 6.91. The molecule has 0 amide bonds. The molecule has 1 aliphatic rings. The summed E-state index contributed by atoms with van der Waals surface area (Å²) in [5.41, 5.74) is 1.99. The number of thiazole rings is 1. The normalized spacial score (nSPS) is 15.8. The quantitative estimate of drug-likeness (QED) is 0.837. The molecule has 3 rings (SSSR count). The molecule has 0 unspecified atom stereocenters. The van der Waals surface area contributed by atoms with Crippen molar-refractivity contribution < 1.29 is 0 Å². The summed E-state index contributed by atoms with van der Waals surface area (Å²) in [7, 11) is 2.13. The summed E-state index contributed by atoms with van der Waals surface area (Å²) < 4.78 is 0. The zero-order valence-electron chi connectivity index (χ0n) is 12.3. The molecule has 1 saturated heterocycles. The third-order valence-electron chi connectivity index (χ3n) is 3.65. The third-order valence-corrected chi connectivity index (χ3v) is 5.02. The van der Waals surface area contributed by atoms with Gasteiger partial charge in [-0.05, 0) is 31.4 Å². The van der Waals surface area contributed by atoms with Crippen LogP contribution in [0.2, 0.25) is 5.02 Å². The van der Waals surface area contributed by atoms with Crippen molar-refractivity contribution in [2.24, 2.45) is 0 Å². The molecule has 7 heteroatoms. The van der Waals surface area contributed by atoms with Crippen LogP contribution in [-0.2, 0) is 0 Å². The third kappa shape index (κ3) is 3.76. The topological polar surface area (TPSA) is 31.4 Å². The van der Waals surface area contributed by atoms with E-state index in [1.807, 2.05) is 29.6 Å². The molecule has 116 valence electrons. The van der Waals surface area contributed by atoms with Gasteiger partial charge in [0.25, 0.3) is 0 Å². The fourth-order valence-corrected chi connectivity index (χ4v) is 3.45. The first-order chi connectivity index (χ1) is 10.6. The number of halogens is 1. The van der Waals surface area contributed by atoms with E-state index in [0.717, 1.165) is 52.7 Å². The Morgan fingerprint density at radius 3 is 2.59 bits per heavy atom. The van der Waals surface area contributed by atoms with E-state index in [4.69, 9.17) is 23.8 Å². The van der Waals surface area contributed by atoms with Crippen molar-refractivity contribution in [2.75, 3.05) is 38.5 Å². The highest BCUT2D eigenvalue weighted by Gasteiger charge is 2.17. The van der Waals surface area contributed by atoms with Gasteiger partial charge in [0.1, 0.15) is 0 Å². The summed E-state index contributed by atoms with van der Waals surface area (Å²) in [5, 5.41) is 7.59. The Morgan fingerprint density at radius 2 is 1.91 bits per heavy atom. The Kier molecular flexibility index (Phi) is 4.93. The molecule has 0 atom stereocenters. The molecule has 1 aliphatic heterocycles. The molecule has 1 aromatic heterocycles. The first kappa shape index (κ1) is 15.7. The largest absolute Gasteiger partial charge is 0.346 e. The Morgan fingerprint density at radius 1 is 1.23 bits per heavy atom. The molecule has 1 fully saturated rings. The first-order valence-corrected chi connectivity index (χ1v) is 8.74. The van der Waals surface area contributed by atoms with Crippen molar-refractivity contribution in [2.45, 2.75) is 0 Å². The second-order valence-electron chi connectivity index (χ2n) is 5.27. The average molecular weight is 353 g/mol. The molecule has 2 heterocycles. The van der Waals surface area contributed by atoms with E-state index in [1.54, 1.807) is 11.3 Å². The van der Waals surface area contributed by atoms with Crippen LogP contribution < -0.4 is 5.32 Å². The number of likely N-dealkylation sites (N-methyl/N-ethyl adjacent to an activating group) is 1. The Balaban J connectivity index is 1.64.